The zero-order valence-electron chi connectivity index (χ0n) is 15.7. The van der Waals surface area contributed by atoms with Crippen molar-refractivity contribution in [2.45, 2.75) is 11.9 Å². The van der Waals surface area contributed by atoms with Crippen molar-refractivity contribution < 1.29 is 13.9 Å². The maximum Gasteiger partial charge on any atom is 0.316 e. The Morgan fingerprint density at radius 1 is 1.14 bits per heavy atom. The van der Waals surface area contributed by atoms with Gasteiger partial charge in [-0.25, -0.2) is 14.4 Å². The second-order valence-electron chi connectivity index (χ2n) is 6.23. The molecule has 0 bridgehead atoms. The minimum Gasteiger partial charge on any atom is -0.465 e. The van der Waals surface area contributed by atoms with Gasteiger partial charge in [-0.05, 0) is 30.7 Å². The van der Waals surface area contributed by atoms with E-state index in [4.69, 9.17) is 4.74 Å². The molecule has 0 fully saturated rings. The molecule has 0 aliphatic heterocycles. The summed E-state index contributed by atoms with van der Waals surface area (Å²) >= 11 is 1.31. The van der Waals surface area contributed by atoms with Gasteiger partial charge in [-0.15, -0.1) is 0 Å². The van der Waals surface area contributed by atoms with Gasteiger partial charge in [0.25, 0.3) is 0 Å². The summed E-state index contributed by atoms with van der Waals surface area (Å²) < 4.78 is 20.7. The third-order valence-corrected chi connectivity index (χ3v) is 5.31. The highest BCUT2D eigenvalue weighted by molar-refractivity contribution is 8.00. The van der Waals surface area contributed by atoms with Crippen LogP contribution in [0.4, 0.5) is 4.39 Å². The van der Waals surface area contributed by atoms with Crippen LogP contribution in [-0.2, 0) is 9.53 Å². The minimum absolute atomic E-state index is 0.152. The van der Waals surface area contributed by atoms with Crippen LogP contribution in [0.25, 0.3) is 27.8 Å². The zero-order valence-corrected chi connectivity index (χ0v) is 16.5. The summed E-state index contributed by atoms with van der Waals surface area (Å²) in [6, 6.07) is 16.2. The quantitative estimate of drug-likeness (QED) is 0.259. The normalized spacial score (nSPS) is 11.0. The maximum atomic E-state index is 13.8. The van der Waals surface area contributed by atoms with Gasteiger partial charge in [0.1, 0.15) is 22.8 Å². The number of halogens is 1. The summed E-state index contributed by atoms with van der Waals surface area (Å²) in [6.45, 7) is 2.11. The average Bonchev–Trinajstić information content (AvgIpc) is 3.13. The van der Waals surface area contributed by atoms with Crippen molar-refractivity contribution in [2.75, 3.05) is 12.4 Å². The topological polar surface area (TPSA) is 57.0 Å². The Balaban J connectivity index is 1.88. The Kier molecular flexibility index (Phi) is 5.57. The molecule has 0 aliphatic carbocycles. The molecule has 4 rings (SSSR count). The second-order valence-corrected chi connectivity index (χ2v) is 7.19. The monoisotopic (exact) mass is 407 g/mol. The lowest BCUT2D eigenvalue weighted by molar-refractivity contribution is -0.139. The first-order valence-electron chi connectivity index (χ1n) is 9.13. The highest BCUT2D eigenvalue weighted by Gasteiger charge is 2.18. The molecule has 2 heterocycles. The standard InChI is InChI=1S/C22H18FN3O2S/c1-2-28-19(27)13-29-22-20-18(15-7-4-3-5-8-15)12-26(21(20)24-14-25-22)17-10-6-9-16(23)11-17/h3-12,14H,2,13H2,1H3. The van der Waals surface area contributed by atoms with Gasteiger partial charge in [0.2, 0.25) is 0 Å². The molecule has 2 aromatic carbocycles. The highest BCUT2D eigenvalue weighted by atomic mass is 32.2. The number of benzene rings is 2. The highest BCUT2D eigenvalue weighted by Crippen LogP contribution is 2.36. The van der Waals surface area contributed by atoms with Crippen molar-refractivity contribution in [1.82, 2.24) is 14.5 Å². The first-order chi connectivity index (χ1) is 14.2. The van der Waals surface area contributed by atoms with Gasteiger partial charge in [-0.3, -0.25) is 4.79 Å². The van der Waals surface area contributed by atoms with Crippen molar-refractivity contribution in [2.24, 2.45) is 0 Å². The van der Waals surface area contributed by atoms with Gasteiger partial charge >= 0.3 is 5.97 Å². The van der Waals surface area contributed by atoms with Crippen molar-refractivity contribution in [3.05, 3.63) is 72.9 Å². The summed E-state index contributed by atoms with van der Waals surface area (Å²) in [5.74, 6) is -0.467. The van der Waals surface area contributed by atoms with E-state index in [-0.39, 0.29) is 17.5 Å². The number of hydrogen-bond acceptors (Lipinski definition) is 5. The molecule has 0 amide bonds. The molecule has 29 heavy (non-hydrogen) atoms. The molecule has 0 radical (unpaired) electrons. The fourth-order valence-electron chi connectivity index (χ4n) is 3.13. The lowest BCUT2D eigenvalue weighted by Crippen LogP contribution is -2.06. The number of carbonyl (C=O) groups is 1. The van der Waals surface area contributed by atoms with Crippen molar-refractivity contribution in [3.63, 3.8) is 0 Å². The number of ether oxygens (including phenoxy) is 1. The molecular weight excluding hydrogens is 389 g/mol. The van der Waals surface area contributed by atoms with Crippen molar-refractivity contribution in [1.29, 1.82) is 0 Å². The average molecular weight is 407 g/mol. The van der Waals surface area contributed by atoms with E-state index in [0.29, 0.717) is 23.0 Å². The molecule has 0 atom stereocenters. The number of nitrogens with zero attached hydrogens (tertiary/aromatic N) is 3. The first kappa shape index (κ1) is 19.1. The molecule has 0 saturated heterocycles. The van der Waals surface area contributed by atoms with Crippen LogP contribution >= 0.6 is 11.8 Å². The molecule has 5 nitrogen and oxygen atoms in total. The van der Waals surface area contributed by atoms with Gasteiger partial charge in [-0.1, -0.05) is 48.2 Å². The van der Waals surface area contributed by atoms with Gasteiger partial charge < -0.3 is 9.30 Å². The lowest BCUT2D eigenvalue weighted by atomic mass is 10.1. The number of rotatable bonds is 6. The molecule has 0 unspecified atom stereocenters. The van der Waals surface area contributed by atoms with E-state index in [0.717, 1.165) is 16.5 Å². The van der Waals surface area contributed by atoms with E-state index in [1.165, 1.54) is 30.2 Å². The van der Waals surface area contributed by atoms with Crippen LogP contribution in [0.2, 0.25) is 0 Å². The second kappa shape index (κ2) is 8.45. The summed E-state index contributed by atoms with van der Waals surface area (Å²) in [7, 11) is 0. The molecular formula is C22H18FN3O2S. The predicted molar refractivity (Wildman–Crippen MR) is 112 cm³/mol. The fraction of sp³-hybridized carbons (Fsp3) is 0.136. The molecule has 0 N–H and O–H groups in total. The maximum absolute atomic E-state index is 13.8. The van der Waals surface area contributed by atoms with Crippen LogP contribution in [0.5, 0.6) is 0 Å². The molecule has 146 valence electrons. The van der Waals surface area contributed by atoms with Crippen LogP contribution in [0, 0.1) is 5.82 Å². The minimum atomic E-state index is -0.323. The van der Waals surface area contributed by atoms with Gasteiger partial charge in [0.05, 0.1) is 17.7 Å². The van der Waals surface area contributed by atoms with E-state index in [2.05, 4.69) is 9.97 Å². The molecule has 7 heteroatoms. The number of aromatic nitrogens is 3. The van der Waals surface area contributed by atoms with Crippen LogP contribution in [0.15, 0.2) is 72.1 Å². The predicted octanol–water partition coefficient (Wildman–Crippen LogP) is 4.88. The Bertz CT molecular complexity index is 1160. The Hall–Kier alpha value is -3.19. The third-order valence-electron chi connectivity index (χ3n) is 4.35. The largest absolute Gasteiger partial charge is 0.465 e. The van der Waals surface area contributed by atoms with Gasteiger partial charge in [0.15, 0.2) is 0 Å². The first-order valence-corrected chi connectivity index (χ1v) is 10.1. The zero-order chi connectivity index (χ0) is 20.2. The fourth-order valence-corrected chi connectivity index (χ4v) is 3.94. The van der Waals surface area contributed by atoms with Gasteiger partial charge in [-0.2, -0.15) is 0 Å². The molecule has 2 aromatic heterocycles. The molecule has 0 saturated carbocycles. The number of hydrogen-bond donors (Lipinski definition) is 0. The van der Waals surface area contributed by atoms with E-state index in [1.807, 2.05) is 47.2 Å². The Morgan fingerprint density at radius 3 is 2.72 bits per heavy atom. The summed E-state index contributed by atoms with van der Waals surface area (Å²) in [5, 5.41) is 1.49. The SMILES string of the molecule is CCOC(=O)CSc1ncnc2c1c(-c1ccccc1)cn2-c1cccc(F)c1. The summed E-state index contributed by atoms with van der Waals surface area (Å²) in [5.41, 5.74) is 3.21. The Labute approximate surface area is 171 Å². The van der Waals surface area contributed by atoms with Crippen LogP contribution in [0.3, 0.4) is 0 Å². The van der Waals surface area contributed by atoms with Crippen LogP contribution in [0.1, 0.15) is 6.92 Å². The van der Waals surface area contributed by atoms with E-state index in [9.17, 15) is 9.18 Å². The van der Waals surface area contributed by atoms with Crippen molar-refractivity contribution in [3.8, 4) is 16.8 Å². The Morgan fingerprint density at radius 2 is 1.97 bits per heavy atom. The number of thioether (sulfide) groups is 1. The molecule has 0 spiro atoms. The number of esters is 1. The number of carbonyl (C=O) groups excluding carboxylic acids is 1. The van der Waals surface area contributed by atoms with E-state index < -0.39 is 0 Å². The van der Waals surface area contributed by atoms with E-state index in [1.54, 1.807) is 13.0 Å². The van der Waals surface area contributed by atoms with E-state index >= 15 is 0 Å². The smallest absolute Gasteiger partial charge is 0.316 e. The third kappa shape index (κ3) is 4.00. The lowest BCUT2D eigenvalue weighted by Gasteiger charge is -2.06. The summed E-state index contributed by atoms with van der Waals surface area (Å²) in [4.78, 5) is 20.7. The number of fused-ring (bicyclic) bond motifs is 1. The molecule has 0 aliphatic rings. The van der Waals surface area contributed by atoms with Crippen LogP contribution < -0.4 is 0 Å². The van der Waals surface area contributed by atoms with Gasteiger partial charge in [0, 0.05) is 17.4 Å². The molecule has 4 aromatic rings. The van der Waals surface area contributed by atoms with Crippen molar-refractivity contribution >= 4 is 28.8 Å². The summed E-state index contributed by atoms with van der Waals surface area (Å²) in [6.07, 6.45) is 3.39. The van der Waals surface area contributed by atoms with Crippen LogP contribution in [-0.4, -0.2) is 32.9 Å².